The van der Waals surface area contributed by atoms with Crippen LogP contribution in [0.3, 0.4) is 0 Å². The zero-order chi connectivity index (χ0) is 16.7. The van der Waals surface area contributed by atoms with Gasteiger partial charge in [0.2, 0.25) is 0 Å². The summed E-state index contributed by atoms with van der Waals surface area (Å²) in [5.74, 6) is 0.905. The molecular weight excluding hydrogens is 304 g/mol. The van der Waals surface area contributed by atoms with Gasteiger partial charge in [0.05, 0.1) is 7.11 Å². The molecule has 0 atom stereocenters. The molecule has 0 spiro atoms. The zero-order valence-corrected chi connectivity index (χ0v) is 14.8. The molecular formula is C19H24N2OS. The number of ether oxygens (including phenoxy) is 1. The fourth-order valence-electron chi connectivity index (χ4n) is 2.36. The minimum Gasteiger partial charge on any atom is -0.497 e. The van der Waals surface area contributed by atoms with Gasteiger partial charge < -0.3 is 15.4 Å². The van der Waals surface area contributed by atoms with Crippen molar-refractivity contribution in [2.75, 3.05) is 19.0 Å². The van der Waals surface area contributed by atoms with Gasteiger partial charge >= 0.3 is 0 Å². The SMILES string of the molecule is COc1cccc(CCCNC(=S)Nc2cc(C)ccc2C)c1. The van der Waals surface area contributed by atoms with E-state index in [0.717, 1.165) is 30.8 Å². The van der Waals surface area contributed by atoms with E-state index in [4.69, 9.17) is 17.0 Å². The van der Waals surface area contributed by atoms with E-state index in [2.05, 4.69) is 54.8 Å². The maximum atomic E-state index is 5.37. The highest BCUT2D eigenvalue weighted by Crippen LogP contribution is 2.16. The van der Waals surface area contributed by atoms with Gasteiger partial charge in [0, 0.05) is 12.2 Å². The summed E-state index contributed by atoms with van der Waals surface area (Å²) in [5, 5.41) is 7.20. The Hall–Kier alpha value is -2.07. The summed E-state index contributed by atoms with van der Waals surface area (Å²) in [6.07, 6.45) is 2.01. The number of thiocarbonyl (C=S) groups is 1. The third kappa shape index (κ3) is 5.57. The molecule has 0 saturated heterocycles. The van der Waals surface area contributed by atoms with Crippen LogP contribution in [0.15, 0.2) is 42.5 Å². The molecule has 2 N–H and O–H groups in total. The largest absolute Gasteiger partial charge is 0.497 e. The molecule has 0 amide bonds. The molecule has 0 saturated carbocycles. The summed E-state index contributed by atoms with van der Waals surface area (Å²) < 4.78 is 5.24. The fourth-order valence-corrected chi connectivity index (χ4v) is 2.57. The number of anilines is 1. The van der Waals surface area contributed by atoms with Crippen LogP contribution in [-0.4, -0.2) is 18.8 Å². The molecule has 0 radical (unpaired) electrons. The maximum absolute atomic E-state index is 5.37. The summed E-state index contributed by atoms with van der Waals surface area (Å²) in [6, 6.07) is 14.5. The molecule has 2 aromatic carbocycles. The van der Waals surface area contributed by atoms with Crippen LogP contribution in [0.4, 0.5) is 5.69 Å². The topological polar surface area (TPSA) is 33.3 Å². The summed E-state index contributed by atoms with van der Waals surface area (Å²) in [5.41, 5.74) is 4.75. The number of methoxy groups -OCH3 is 1. The van der Waals surface area contributed by atoms with E-state index in [1.807, 2.05) is 12.1 Å². The van der Waals surface area contributed by atoms with Gasteiger partial charge in [0.15, 0.2) is 5.11 Å². The number of hydrogen-bond acceptors (Lipinski definition) is 2. The summed E-state index contributed by atoms with van der Waals surface area (Å²) >= 11 is 5.37. The Morgan fingerprint density at radius 2 is 1.96 bits per heavy atom. The van der Waals surface area contributed by atoms with Crippen LogP contribution >= 0.6 is 12.2 Å². The average molecular weight is 328 g/mol. The van der Waals surface area contributed by atoms with Crippen molar-refractivity contribution in [2.24, 2.45) is 0 Å². The standard InChI is InChI=1S/C19H24N2OS/c1-14-9-10-15(2)18(12-14)21-19(23)20-11-5-7-16-6-4-8-17(13-16)22-3/h4,6,8-10,12-13H,5,7,11H2,1-3H3,(H2,20,21,23). The van der Waals surface area contributed by atoms with Crippen LogP contribution in [0.1, 0.15) is 23.1 Å². The lowest BCUT2D eigenvalue weighted by molar-refractivity contribution is 0.414. The van der Waals surface area contributed by atoms with Crippen LogP contribution in [0.5, 0.6) is 5.75 Å². The Kier molecular flexibility index (Phi) is 6.41. The first-order valence-electron chi connectivity index (χ1n) is 7.83. The minimum atomic E-state index is 0.671. The quantitative estimate of drug-likeness (QED) is 0.614. The predicted octanol–water partition coefficient (Wildman–Crippen LogP) is 4.23. The molecule has 122 valence electrons. The first-order valence-corrected chi connectivity index (χ1v) is 8.24. The van der Waals surface area contributed by atoms with Crippen molar-refractivity contribution in [1.82, 2.24) is 5.32 Å². The molecule has 0 aliphatic carbocycles. The molecule has 0 aromatic heterocycles. The Balaban J connectivity index is 1.75. The van der Waals surface area contributed by atoms with E-state index in [1.54, 1.807) is 7.11 Å². The predicted molar refractivity (Wildman–Crippen MR) is 101 cm³/mol. The van der Waals surface area contributed by atoms with Crippen molar-refractivity contribution >= 4 is 23.0 Å². The highest BCUT2D eigenvalue weighted by molar-refractivity contribution is 7.80. The lowest BCUT2D eigenvalue weighted by Crippen LogP contribution is -2.29. The third-order valence-electron chi connectivity index (χ3n) is 3.70. The van der Waals surface area contributed by atoms with Gasteiger partial charge in [-0.2, -0.15) is 0 Å². The highest BCUT2D eigenvalue weighted by Gasteiger charge is 2.02. The Labute approximate surface area is 144 Å². The minimum absolute atomic E-state index is 0.671. The van der Waals surface area contributed by atoms with Crippen molar-refractivity contribution in [3.63, 3.8) is 0 Å². The second-order valence-electron chi connectivity index (χ2n) is 5.65. The van der Waals surface area contributed by atoms with E-state index in [9.17, 15) is 0 Å². The molecule has 4 heteroatoms. The molecule has 2 aromatic rings. The van der Waals surface area contributed by atoms with Gasteiger partial charge in [0.25, 0.3) is 0 Å². The van der Waals surface area contributed by atoms with Crippen molar-refractivity contribution in [3.05, 3.63) is 59.2 Å². The Morgan fingerprint density at radius 1 is 1.13 bits per heavy atom. The van der Waals surface area contributed by atoms with Crippen molar-refractivity contribution in [1.29, 1.82) is 0 Å². The summed E-state index contributed by atoms with van der Waals surface area (Å²) in [6.45, 7) is 5.00. The van der Waals surface area contributed by atoms with Gasteiger partial charge in [0.1, 0.15) is 5.75 Å². The van der Waals surface area contributed by atoms with Crippen LogP contribution in [0, 0.1) is 13.8 Å². The normalized spacial score (nSPS) is 10.2. The van der Waals surface area contributed by atoms with Crippen LogP contribution in [-0.2, 0) is 6.42 Å². The van der Waals surface area contributed by atoms with Gasteiger partial charge in [-0.05, 0) is 73.8 Å². The molecule has 0 aliphatic heterocycles. The van der Waals surface area contributed by atoms with Gasteiger partial charge in [-0.1, -0.05) is 24.3 Å². The second kappa shape index (κ2) is 8.53. The molecule has 23 heavy (non-hydrogen) atoms. The molecule has 0 unspecified atom stereocenters. The van der Waals surface area contributed by atoms with Crippen molar-refractivity contribution in [3.8, 4) is 5.75 Å². The number of aryl methyl sites for hydroxylation is 3. The molecule has 0 heterocycles. The number of nitrogens with one attached hydrogen (secondary N) is 2. The van der Waals surface area contributed by atoms with Crippen LogP contribution in [0.25, 0.3) is 0 Å². The van der Waals surface area contributed by atoms with E-state index < -0.39 is 0 Å². The molecule has 3 nitrogen and oxygen atoms in total. The number of rotatable bonds is 6. The monoisotopic (exact) mass is 328 g/mol. The van der Waals surface area contributed by atoms with E-state index in [0.29, 0.717) is 5.11 Å². The Morgan fingerprint density at radius 3 is 2.74 bits per heavy atom. The van der Waals surface area contributed by atoms with Gasteiger partial charge in [-0.3, -0.25) is 0 Å². The average Bonchev–Trinajstić information content (AvgIpc) is 2.55. The third-order valence-corrected chi connectivity index (χ3v) is 3.95. The number of hydrogen-bond donors (Lipinski definition) is 2. The maximum Gasteiger partial charge on any atom is 0.170 e. The zero-order valence-electron chi connectivity index (χ0n) is 14.0. The van der Waals surface area contributed by atoms with Gasteiger partial charge in [-0.15, -0.1) is 0 Å². The molecule has 0 aliphatic rings. The Bertz CT molecular complexity index is 670. The lowest BCUT2D eigenvalue weighted by atomic mass is 10.1. The van der Waals surface area contributed by atoms with Crippen molar-refractivity contribution in [2.45, 2.75) is 26.7 Å². The number of benzene rings is 2. The summed E-state index contributed by atoms with van der Waals surface area (Å²) in [4.78, 5) is 0. The molecule has 2 rings (SSSR count). The van der Waals surface area contributed by atoms with E-state index >= 15 is 0 Å². The first kappa shape index (κ1) is 17.3. The van der Waals surface area contributed by atoms with E-state index in [-0.39, 0.29) is 0 Å². The molecule has 0 fully saturated rings. The molecule has 0 bridgehead atoms. The second-order valence-corrected chi connectivity index (χ2v) is 6.06. The lowest BCUT2D eigenvalue weighted by Gasteiger charge is -2.13. The fraction of sp³-hybridized carbons (Fsp3) is 0.316. The first-order chi connectivity index (χ1) is 11.1. The summed E-state index contributed by atoms with van der Waals surface area (Å²) in [7, 11) is 1.69. The van der Waals surface area contributed by atoms with Crippen molar-refractivity contribution < 1.29 is 4.74 Å². The smallest absolute Gasteiger partial charge is 0.170 e. The van der Waals surface area contributed by atoms with Crippen LogP contribution < -0.4 is 15.4 Å². The van der Waals surface area contributed by atoms with E-state index in [1.165, 1.54) is 16.7 Å². The van der Waals surface area contributed by atoms with Gasteiger partial charge in [-0.25, -0.2) is 0 Å². The highest BCUT2D eigenvalue weighted by atomic mass is 32.1. The van der Waals surface area contributed by atoms with Crippen LogP contribution in [0.2, 0.25) is 0 Å².